The second-order valence-corrected chi connectivity index (χ2v) is 8.32. The number of halogens is 1. The molecule has 1 N–H and O–H groups in total. The van der Waals surface area contributed by atoms with Crippen molar-refractivity contribution in [2.75, 3.05) is 61.1 Å². The van der Waals surface area contributed by atoms with Crippen molar-refractivity contribution in [3.8, 4) is 17.2 Å². The molecule has 7 nitrogen and oxygen atoms in total. The van der Waals surface area contributed by atoms with E-state index in [9.17, 15) is 0 Å². The second-order valence-electron chi connectivity index (χ2n) is 8.32. The van der Waals surface area contributed by atoms with Gasteiger partial charge >= 0.3 is 0 Å². The molecule has 180 valence electrons. The van der Waals surface area contributed by atoms with Gasteiger partial charge in [-0.15, -0.1) is 24.0 Å². The molecule has 0 spiro atoms. The number of nitrogens with one attached hydrogen (secondary N) is 1. The fourth-order valence-electron chi connectivity index (χ4n) is 4.69. The number of ether oxygens (including phenoxy) is 3. The molecule has 2 aromatic rings. The van der Waals surface area contributed by atoms with Gasteiger partial charge in [0.05, 0.1) is 21.3 Å². The Bertz CT molecular complexity index is 935. The van der Waals surface area contributed by atoms with Crippen LogP contribution in [-0.4, -0.2) is 76.9 Å². The van der Waals surface area contributed by atoms with Crippen LogP contribution in [0.3, 0.4) is 0 Å². The zero-order chi connectivity index (χ0) is 22.5. The van der Waals surface area contributed by atoms with E-state index in [0.717, 1.165) is 57.2 Å². The van der Waals surface area contributed by atoms with Gasteiger partial charge in [0.25, 0.3) is 0 Å². The van der Waals surface area contributed by atoms with E-state index in [4.69, 9.17) is 14.2 Å². The Kier molecular flexibility index (Phi) is 9.08. The largest absolute Gasteiger partial charge is 0.493 e. The molecule has 1 aliphatic heterocycles. The van der Waals surface area contributed by atoms with Gasteiger partial charge in [-0.05, 0) is 35.2 Å². The van der Waals surface area contributed by atoms with Crippen LogP contribution in [0.1, 0.15) is 22.6 Å². The van der Waals surface area contributed by atoms with Crippen molar-refractivity contribution in [2.24, 2.45) is 4.99 Å². The van der Waals surface area contributed by atoms with Gasteiger partial charge in [-0.3, -0.25) is 9.89 Å². The predicted molar refractivity (Wildman–Crippen MR) is 143 cm³/mol. The van der Waals surface area contributed by atoms with Gasteiger partial charge in [0.2, 0.25) is 5.75 Å². The summed E-state index contributed by atoms with van der Waals surface area (Å²) >= 11 is 0. The topological polar surface area (TPSA) is 58.6 Å². The van der Waals surface area contributed by atoms with Crippen molar-refractivity contribution in [3.63, 3.8) is 0 Å². The Balaban J connectivity index is 0.00000306. The summed E-state index contributed by atoms with van der Waals surface area (Å²) < 4.78 is 16.4. The first kappa shape index (κ1) is 25.4. The molecule has 1 atom stereocenters. The SMILES string of the molecule is CN=C(NCC1Cc2ccccc21)N1CCN(Cc2cc(OC)c(OC)c(OC)c2)CC1.I. The third-order valence-corrected chi connectivity index (χ3v) is 6.48. The van der Waals surface area contributed by atoms with E-state index < -0.39 is 0 Å². The van der Waals surface area contributed by atoms with Gasteiger partial charge in [-0.2, -0.15) is 0 Å². The number of hydrogen-bond acceptors (Lipinski definition) is 5. The normalized spacial score (nSPS) is 18.0. The minimum Gasteiger partial charge on any atom is -0.493 e. The molecule has 8 heteroatoms. The van der Waals surface area contributed by atoms with Crippen LogP contribution < -0.4 is 19.5 Å². The highest BCUT2D eigenvalue weighted by Gasteiger charge is 2.27. The number of hydrogen-bond donors (Lipinski definition) is 1. The van der Waals surface area contributed by atoms with E-state index in [1.54, 1.807) is 21.3 Å². The first-order chi connectivity index (χ1) is 15.7. The number of guanidine groups is 1. The Morgan fingerprint density at radius 2 is 1.67 bits per heavy atom. The quantitative estimate of drug-likeness (QED) is 0.315. The lowest BCUT2D eigenvalue weighted by molar-refractivity contribution is 0.172. The van der Waals surface area contributed by atoms with E-state index in [-0.39, 0.29) is 24.0 Å². The van der Waals surface area contributed by atoms with Crippen LogP contribution in [0.25, 0.3) is 0 Å². The van der Waals surface area contributed by atoms with Crippen LogP contribution >= 0.6 is 24.0 Å². The van der Waals surface area contributed by atoms with Gasteiger partial charge in [0, 0.05) is 52.2 Å². The molecule has 1 aliphatic carbocycles. The molecule has 2 aliphatic rings. The standard InChI is InChI=1S/C25H34N4O3.HI/c1-26-25(27-16-20-15-19-7-5-6-8-21(19)20)29-11-9-28(10-12-29)17-18-13-22(30-2)24(32-4)23(14-18)31-3;/h5-8,13-14,20H,9-12,15-17H2,1-4H3,(H,26,27);1H. The Labute approximate surface area is 214 Å². The molecule has 1 heterocycles. The highest BCUT2D eigenvalue weighted by atomic mass is 127. The van der Waals surface area contributed by atoms with E-state index in [1.165, 1.54) is 11.1 Å². The summed E-state index contributed by atoms with van der Waals surface area (Å²) in [5, 5.41) is 3.60. The van der Waals surface area contributed by atoms with E-state index in [2.05, 4.69) is 44.4 Å². The third kappa shape index (κ3) is 5.66. The molecule has 1 unspecified atom stereocenters. The molecule has 0 amide bonds. The lowest BCUT2D eigenvalue weighted by atomic mass is 9.78. The Morgan fingerprint density at radius 1 is 1.00 bits per heavy atom. The van der Waals surface area contributed by atoms with Crippen LogP contribution in [0.15, 0.2) is 41.4 Å². The summed E-state index contributed by atoms with van der Waals surface area (Å²) in [6.07, 6.45) is 1.16. The Hall–Kier alpha value is -2.20. The van der Waals surface area contributed by atoms with Crippen LogP contribution in [-0.2, 0) is 13.0 Å². The van der Waals surface area contributed by atoms with Crippen LogP contribution in [0.4, 0.5) is 0 Å². The van der Waals surface area contributed by atoms with Gasteiger partial charge < -0.3 is 24.4 Å². The molecule has 2 aromatic carbocycles. The third-order valence-electron chi connectivity index (χ3n) is 6.48. The second kappa shape index (κ2) is 11.8. The van der Waals surface area contributed by atoms with Crippen LogP contribution in [0, 0.1) is 0 Å². The number of piperazine rings is 1. The van der Waals surface area contributed by atoms with Gasteiger partial charge in [0.1, 0.15) is 0 Å². The maximum Gasteiger partial charge on any atom is 0.203 e. The molecule has 1 saturated heterocycles. The van der Waals surface area contributed by atoms with Gasteiger partial charge in [0.15, 0.2) is 17.5 Å². The number of methoxy groups -OCH3 is 3. The molecule has 4 rings (SSSR count). The molecule has 33 heavy (non-hydrogen) atoms. The number of fused-ring (bicyclic) bond motifs is 1. The molecule has 0 radical (unpaired) electrons. The van der Waals surface area contributed by atoms with E-state index >= 15 is 0 Å². The lowest BCUT2D eigenvalue weighted by Crippen LogP contribution is -2.52. The zero-order valence-corrected chi connectivity index (χ0v) is 22.3. The summed E-state index contributed by atoms with van der Waals surface area (Å²) in [7, 11) is 6.81. The number of benzene rings is 2. The van der Waals surface area contributed by atoms with E-state index in [0.29, 0.717) is 23.2 Å². The number of rotatable bonds is 7. The highest BCUT2D eigenvalue weighted by molar-refractivity contribution is 14.0. The fraction of sp³-hybridized carbons (Fsp3) is 0.480. The first-order valence-electron chi connectivity index (χ1n) is 11.2. The summed E-state index contributed by atoms with van der Waals surface area (Å²) in [5.41, 5.74) is 4.11. The predicted octanol–water partition coefficient (Wildman–Crippen LogP) is 3.36. The monoisotopic (exact) mass is 566 g/mol. The summed E-state index contributed by atoms with van der Waals surface area (Å²) in [5.74, 6) is 3.61. The van der Waals surface area contributed by atoms with E-state index in [1.807, 2.05) is 19.2 Å². The average molecular weight is 566 g/mol. The summed E-state index contributed by atoms with van der Waals surface area (Å²) in [6, 6.07) is 12.8. The molecular formula is C25H35IN4O3. The van der Waals surface area contributed by atoms with Crippen LogP contribution in [0.5, 0.6) is 17.2 Å². The molecule has 1 fully saturated rings. The Morgan fingerprint density at radius 3 is 2.24 bits per heavy atom. The average Bonchev–Trinajstić information content (AvgIpc) is 2.82. The van der Waals surface area contributed by atoms with Gasteiger partial charge in [-0.25, -0.2) is 0 Å². The lowest BCUT2D eigenvalue weighted by Gasteiger charge is -2.37. The summed E-state index contributed by atoms with van der Waals surface area (Å²) in [6.45, 7) is 5.63. The maximum atomic E-state index is 5.50. The van der Waals surface area contributed by atoms with Crippen molar-refractivity contribution in [3.05, 3.63) is 53.1 Å². The van der Waals surface area contributed by atoms with Crippen molar-refractivity contribution >= 4 is 29.9 Å². The fourth-order valence-corrected chi connectivity index (χ4v) is 4.69. The molecular weight excluding hydrogens is 531 g/mol. The van der Waals surface area contributed by atoms with Crippen molar-refractivity contribution in [1.29, 1.82) is 0 Å². The minimum absolute atomic E-state index is 0. The smallest absolute Gasteiger partial charge is 0.203 e. The maximum absolute atomic E-state index is 5.50. The number of aliphatic imine (C=N–C) groups is 1. The van der Waals surface area contributed by atoms with Gasteiger partial charge in [-0.1, -0.05) is 24.3 Å². The summed E-state index contributed by atoms with van der Waals surface area (Å²) in [4.78, 5) is 9.35. The molecule has 0 bridgehead atoms. The van der Waals surface area contributed by atoms with Crippen molar-refractivity contribution in [2.45, 2.75) is 18.9 Å². The van der Waals surface area contributed by atoms with Crippen molar-refractivity contribution < 1.29 is 14.2 Å². The zero-order valence-electron chi connectivity index (χ0n) is 20.0. The van der Waals surface area contributed by atoms with Crippen LogP contribution in [0.2, 0.25) is 0 Å². The minimum atomic E-state index is 0. The molecule has 0 aromatic heterocycles. The van der Waals surface area contributed by atoms with Crippen molar-refractivity contribution in [1.82, 2.24) is 15.1 Å². The highest BCUT2D eigenvalue weighted by Crippen LogP contribution is 2.38. The first-order valence-corrected chi connectivity index (χ1v) is 11.2. The molecule has 0 saturated carbocycles. The number of nitrogens with zero attached hydrogens (tertiary/aromatic N) is 3.